The van der Waals surface area contributed by atoms with Crippen LogP contribution in [0.15, 0.2) is 5.38 Å². The molecule has 0 atom stereocenters. The summed E-state index contributed by atoms with van der Waals surface area (Å²) < 4.78 is 0. The van der Waals surface area contributed by atoms with Gasteiger partial charge in [0.2, 0.25) is 0 Å². The maximum atomic E-state index is 12.4. The van der Waals surface area contributed by atoms with Crippen LogP contribution in [0.2, 0.25) is 0 Å². The highest BCUT2D eigenvalue weighted by Crippen LogP contribution is 2.25. The highest BCUT2D eigenvalue weighted by Gasteiger charge is 2.26. The fourth-order valence-corrected chi connectivity index (χ4v) is 3.34. The van der Waals surface area contributed by atoms with Crippen LogP contribution in [0.1, 0.15) is 40.1 Å². The number of carbonyl (C=O) groups excluding carboxylic acids is 1. The summed E-state index contributed by atoms with van der Waals surface area (Å²) in [5.74, 6) is -0.434. The van der Waals surface area contributed by atoms with Crippen molar-refractivity contribution in [2.45, 2.75) is 33.1 Å². The SMILES string of the molecule is Cc1scc(C(=O)N2CCC(CC(=O)O)CC2)c1C. The van der Waals surface area contributed by atoms with E-state index in [1.807, 2.05) is 24.1 Å². The van der Waals surface area contributed by atoms with Gasteiger partial charge in [0.25, 0.3) is 5.91 Å². The van der Waals surface area contributed by atoms with Crippen LogP contribution in [0.4, 0.5) is 0 Å². The molecule has 0 aromatic carbocycles. The average Bonchev–Trinajstić information content (AvgIpc) is 2.69. The molecule has 4 nitrogen and oxygen atoms in total. The van der Waals surface area contributed by atoms with E-state index in [0.29, 0.717) is 13.1 Å². The molecule has 0 unspecified atom stereocenters. The van der Waals surface area contributed by atoms with Gasteiger partial charge in [-0.3, -0.25) is 9.59 Å². The predicted molar refractivity (Wildman–Crippen MR) is 74.7 cm³/mol. The first-order valence-corrected chi connectivity index (χ1v) is 7.42. The molecule has 1 amide bonds. The molecule has 1 aromatic rings. The Morgan fingerprint density at radius 3 is 2.47 bits per heavy atom. The number of amides is 1. The molecule has 2 heterocycles. The molecule has 0 bridgehead atoms. The summed E-state index contributed by atoms with van der Waals surface area (Å²) in [6.45, 7) is 5.35. The van der Waals surface area contributed by atoms with Crippen LogP contribution in [0.25, 0.3) is 0 Å². The second kappa shape index (κ2) is 5.74. The zero-order valence-electron chi connectivity index (χ0n) is 11.3. The molecule has 5 heteroatoms. The summed E-state index contributed by atoms with van der Waals surface area (Å²) in [5.41, 5.74) is 1.88. The Kier molecular flexibility index (Phi) is 4.24. The molecule has 1 saturated heterocycles. The number of piperidine rings is 1. The number of carboxylic acid groups (broad SMARTS) is 1. The third-order valence-electron chi connectivity index (χ3n) is 3.88. The zero-order valence-corrected chi connectivity index (χ0v) is 12.1. The van der Waals surface area contributed by atoms with E-state index in [1.54, 1.807) is 11.3 Å². The second-order valence-electron chi connectivity index (χ2n) is 5.16. The minimum Gasteiger partial charge on any atom is -0.481 e. The molecule has 0 aliphatic carbocycles. The standard InChI is InChI=1S/C14H19NO3S/c1-9-10(2)19-8-12(9)14(18)15-5-3-11(4-6-15)7-13(16)17/h8,11H,3-7H2,1-2H3,(H,16,17). The lowest BCUT2D eigenvalue weighted by Gasteiger charge is -2.31. The van der Waals surface area contributed by atoms with Crippen LogP contribution in [0.3, 0.4) is 0 Å². The van der Waals surface area contributed by atoms with E-state index >= 15 is 0 Å². The van der Waals surface area contributed by atoms with Crippen molar-refractivity contribution in [2.24, 2.45) is 5.92 Å². The lowest BCUT2D eigenvalue weighted by molar-refractivity contribution is -0.138. The van der Waals surface area contributed by atoms with Crippen LogP contribution in [0.5, 0.6) is 0 Å². The Morgan fingerprint density at radius 2 is 2.00 bits per heavy atom. The summed E-state index contributed by atoms with van der Waals surface area (Å²) in [6, 6.07) is 0. The monoisotopic (exact) mass is 281 g/mol. The highest BCUT2D eigenvalue weighted by atomic mass is 32.1. The number of likely N-dealkylation sites (tertiary alicyclic amines) is 1. The minimum absolute atomic E-state index is 0.0932. The lowest BCUT2D eigenvalue weighted by atomic mass is 9.93. The Balaban J connectivity index is 1.96. The van der Waals surface area contributed by atoms with E-state index in [0.717, 1.165) is 24.0 Å². The van der Waals surface area contributed by atoms with E-state index in [1.165, 1.54) is 4.88 Å². The van der Waals surface area contributed by atoms with Gasteiger partial charge in [0.05, 0.1) is 5.56 Å². The predicted octanol–water partition coefficient (Wildman–Crippen LogP) is 2.69. The quantitative estimate of drug-likeness (QED) is 0.926. The highest BCUT2D eigenvalue weighted by molar-refractivity contribution is 7.10. The molecule has 2 rings (SSSR count). The summed E-state index contributed by atoms with van der Waals surface area (Å²) >= 11 is 1.61. The first-order valence-electron chi connectivity index (χ1n) is 6.54. The molecule has 1 aliphatic rings. The van der Waals surface area contributed by atoms with Gasteiger partial charge in [0.15, 0.2) is 0 Å². The summed E-state index contributed by atoms with van der Waals surface area (Å²) in [7, 11) is 0. The van der Waals surface area contributed by atoms with Gasteiger partial charge < -0.3 is 10.0 Å². The van der Waals surface area contributed by atoms with Gasteiger partial charge in [-0.1, -0.05) is 0 Å². The summed E-state index contributed by atoms with van der Waals surface area (Å²) in [6.07, 6.45) is 1.80. The Bertz CT molecular complexity index is 487. The third kappa shape index (κ3) is 3.15. The van der Waals surface area contributed by atoms with Crippen LogP contribution in [-0.4, -0.2) is 35.0 Å². The molecule has 0 spiro atoms. The number of nitrogens with zero attached hydrogens (tertiary/aromatic N) is 1. The normalized spacial score (nSPS) is 16.6. The van der Waals surface area contributed by atoms with Crippen LogP contribution < -0.4 is 0 Å². The molecular formula is C14H19NO3S. The number of rotatable bonds is 3. The largest absolute Gasteiger partial charge is 0.481 e. The van der Waals surface area contributed by atoms with Crippen molar-refractivity contribution in [1.29, 1.82) is 0 Å². The molecule has 1 aliphatic heterocycles. The summed E-state index contributed by atoms with van der Waals surface area (Å²) in [5, 5.41) is 10.7. The third-order valence-corrected chi connectivity index (χ3v) is 4.89. The van der Waals surface area contributed by atoms with Crippen molar-refractivity contribution in [3.05, 3.63) is 21.4 Å². The molecule has 0 radical (unpaired) electrons. The average molecular weight is 281 g/mol. The molecule has 19 heavy (non-hydrogen) atoms. The van der Waals surface area contributed by atoms with Crippen molar-refractivity contribution >= 4 is 23.2 Å². The topological polar surface area (TPSA) is 57.6 Å². The van der Waals surface area contributed by atoms with Crippen molar-refractivity contribution < 1.29 is 14.7 Å². The van der Waals surface area contributed by atoms with E-state index in [2.05, 4.69) is 0 Å². The number of aryl methyl sites for hydroxylation is 1. The van der Waals surface area contributed by atoms with Gasteiger partial charge in [0.1, 0.15) is 0 Å². The first-order chi connectivity index (χ1) is 8.99. The van der Waals surface area contributed by atoms with E-state index < -0.39 is 5.97 Å². The van der Waals surface area contributed by atoms with Gasteiger partial charge in [-0.05, 0) is 38.2 Å². The Morgan fingerprint density at radius 1 is 1.37 bits per heavy atom. The number of hydrogen-bond donors (Lipinski definition) is 1. The fraction of sp³-hybridized carbons (Fsp3) is 0.571. The van der Waals surface area contributed by atoms with E-state index in [-0.39, 0.29) is 18.2 Å². The lowest BCUT2D eigenvalue weighted by Crippen LogP contribution is -2.39. The van der Waals surface area contributed by atoms with E-state index in [9.17, 15) is 9.59 Å². The molecule has 0 saturated carbocycles. The van der Waals surface area contributed by atoms with Gasteiger partial charge in [-0.15, -0.1) is 11.3 Å². The molecule has 1 aromatic heterocycles. The maximum absolute atomic E-state index is 12.4. The van der Waals surface area contributed by atoms with Crippen molar-refractivity contribution in [2.75, 3.05) is 13.1 Å². The van der Waals surface area contributed by atoms with Gasteiger partial charge in [-0.2, -0.15) is 0 Å². The van der Waals surface area contributed by atoms with E-state index in [4.69, 9.17) is 5.11 Å². The number of aliphatic carboxylic acids is 1. The molecular weight excluding hydrogens is 262 g/mol. The van der Waals surface area contributed by atoms with Gasteiger partial charge >= 0.3 is 5.97 Å². The summed E-state index contributed by atoms with van der Waals surface area (Å²) in [4.78, 5) is 26.1. The zero-order chi connectivity index (χ0) is 14.0. The van der Waals surface area contributed by atoms with Crippen LogP contribution in [0, 0.1) is 19.8 Å². The van der Waals surface area contributed by atoms with Crippen molar-refractivity contribution in [3.8, 4) is 0 Å². The minimum atomic E-state index is -0.742. The smallest absolute Gasteiger partial charge is 0.303 e. The van der Waals surface area contributed by atoms with Crippen LogP contribution in [-0.2, 0) is 4.79 Å². The Labute approximate surface area is 117 Å². The Hall–Kier alpha value is -1.36. The number of carboxylic acids is 1. The second-order valence-corrected chi connectivity index (χ2v) is 6.25. The molecule has 1 N–H and O–H groups in total. The number of carbonyl (C=O) groups is 2. The number of hydrogen-bond acceptors (Lipinski definition) is 3. The van der Waals surface area contributed by atoms with Gasteiger partial charge in [-0.25, -0.2) is 0 Å². The van der Waals surface area contributed by atoms with Crippen molar-refractivity contribution in [3.63, 3.8) is 0 Å². The number of thiophene rings is 1. The fourth-order valence-electron chi connectivity index (χ4n) is 2.48. The molecule has 104 valence electrons. The van der Waals surface area contributed by atoms with Crippen LogP contribution >= 0.6 is 11.3 Å². The van der Waals surface area contributed by atoms with Gasteiger partial charge in [0, 0.05) is 29.8 Å². The molecule has 1 fully saturated rings. The maximum Gasteiger partial charge on any atom is 0.303 e. The van der Waals surface area contributed by atoms with Crippen molar-refractivity contribution in [1.82, 2.24) is 4.90 Å². The first kappa shape index (κ1) is 14.1.